The van der Waals surface area contributed by atoms with Gasteiger partial charge in [-0.05, 0) is 40.2 Å². The summed E-state index contributed by atoms with van der Waals surface area (Å²) in [4.78, 5) is 6.78. The van der Waals surface area contributed by atoms with E-state index in [2.05, 4.69) is 43.7 Å². The molecule has 3 rings (SSSR count). The highest BCUT2D eigenvalue weighted by molar-refractivity contribution is 4.97. The molecule has 2 aromatic heterocycles. The van der Waals surface area contributed by atoms with Crippen molar-refractivity contribution in [2.45, 2.75) is 58.7 Å². The van der Waals surface area contributed by atoms with Crippen molar-refractivity contribution < 1.29 is 4.52 Å². The molecule has 0 N–H and O–H groups in total. The molecule has 0 amide bonds. The first-order valence-corrected chi connectivity index (χ1v) is 7.58. The van der Waals surface area contributed by atoms with E-state index in [0.29, 0.717) is 11.9 Å². The minimum Gasteiger partial charge on any atom is -0.338 e. The summed E-state index contributed by atoms with van der Waals surface area (Å²) in [6.45, 7) is 7.93. The van der Waals surface area contributed by atoms with Gasteiger partial charge in [0.25, 0.3) is 0 Å². The Kier molecular flexibility index (Phi) is 4.01. The van der Waals surface area contributed by atoms with Gasteiger partial charge in [-0.25, -0.2) is 0 Å². The molecule has 1 aliphatic heterocycles. The smallest absolute Gasteiger partial charge is 0.243 e. The average Bonchev–Trinajstić information content (AvgIpc) is 3.08. The summed E-state index contributed by atoms with van der Waals surface area (Å²) in [6.07, 6.45) is 5.24. The molecule has 21 heavy (non-hydrogen) atoms. The highest BCUT2D eigenvalue weighted by atomic mass is 16.5. The highest BCUT2D eigenvalue weighted by Crippen LogP contribution is 2.31. The third kappa shape index (κ3) is 2.97. The Balaban J connectivity index is 1.80. The van der Waals surface area contributed by atoms with E-state index in [9.17, 15) is 0 Å². The van der Waals surface area contributed by atoms with Gasteiger partial charge in [-0.1, -0.05) is 11.6 Å². The largest absolute Gasteiger partial charge is 0.338 e. The number of likely N-dealkylation sites (tertiary alicyclic amines) is 1. The lowest BCUT2D eigenvalue weighted by molar-refractivity contribution is 0.107. The van der Waals surface area contributed by atoms with Crippen LogP contribution in [0, 0.1) is 6.92 Å². The molecule has 7 heteroatoms. The minimum atomic E-state index is 0.192. The van der Waals surface area contributed by atoms with Gasteiger partial charge in [0, 0.05) is 6.04 Å². The third-order valence-electron chi connectivity index (χ3n) is 3.99. The van der Waals surface area contributed by atoms with Crippen LogP contribution in [0.2, 0.25) is 0 Å². The van der Waals surface area contributed by atoms with Crippen molar-refractivity contribution in [2.24, 2.45) is 0 Å². The van der Waals surface area contributed by atoms with E-state index >= 15 is 0 Å². The van der Waals surface area contributed by atoms with Crippen molar-refractivity contribution in [3.63, 3.8) is 0 Å². The van der Waals surface area contributed by atoms with Crippen LogP contribution in [0.1, 0.15) is 62.7 Å². The molecule has 2 aromatic rings. The summed E-state index contributed by atoms with van der Waals surface area (Å²) in [5.74, 6) is 2.41. The Bertz CT molecular complexity index is 590. The minimum absolute atomic E-state index is 0.192. The molecule has 0 bridgehead atoms. The average molecular weight is 290 g/mol. The van der Waals surface area contributed by atoms with Crippen LogP contribution in [0.15, 0.2) is 10.9 Å². The second-order valence-electron chi connectivity index (χ2n) is 5.91. The van der Waals surface area contributed by atoms with Crippen molar-refractivity contribution in [3.8, 4) is 0 Å². The van der Waals surface area contributed by atoms with Crippen molar-refractivity contribution >= 4 is 0 Å². The molecule has 0 saturated carbocycles. The summed E-state index contributed by atoms with van der Waals surface area (Å²) in [5.41, 5.74) is 0. The number of nitrogens with zero attached hydrogens (tertiary/aromatic N) is 6. The molecule has 1 atom stereocenters. The van der Waals surface area contributed by atoms with Gasteiger partial charge in [0.05, 0.1) is 12.6 Å². The fourth-order valence-electron chi connectivity index (χ4n) is 2.90. The zero-order valence-electron chi connectivity index (χ0n) is 12.9. The van der Waals surface area contributed by atoms with E-state index in [1.54, 1.807) is 6.33 Å². The van der Waals surface area contributed by atoms with E-state index in [-0.39, 0.29) is 6.04 Å². The molecule has 114 valence electrons. The number of hydrogen-bond donors (Lipinski definition) is 0. The lowest BCUT2D eigenvalue weighted by Crippen LogP contribution is -2.34. The van der Waals surface area contributed by atoms with Crippen LogP contribution in [0.3, 0.4) is 0 Å². The summed E-state index contributed by atoms with van der Waals surface area (Å²) in [5, 5.41) is 12.2. The first-order chi connectivity index (χ1) is 10.1. The maximum absolute atomic E-state index is 5.39. The molecule has 0 aromatic carbocycles. The summed E-state index contributed by atoms with van der Waals surface area (Å²) < 4.78 is 7.50. The lowest BCUT2D eigenvalue weighted by Gasteiger charge is -2.33. The second-order valence-corrected chi connectivity index (χ2v) is 5.91. The van der Waals surface area contributed by atoms with Gasteiger partial charge in [-0.3, -0.25) is 4.90 Å². The highest BCUT2D eigenvalue weighted by Gasteiger charge is 2.29. The van der Waals surface area contributed by atoms with Crippen molar-refractivity contribution in [1.29, 1.82) is 0 Å². The lowest BCUT2D eigenvalue weighted by atomic mass is 10.0. The molecule has 3 heterocycles. The van der Waals surface area contributed by atoms with E-state index in [4.69, 9.17) is 4.52 Å². The first-order valence-electron chi connectivity index (χ1n) is 7.58. The normalized spacial score (nSPS) is 20.3. The summed E-state index contributed by atoms with van der Waals surface area (Å²) in [7, 11) is 0. The molecule has 1 aliphatic rings. The number of rotatable bonds is 4. The molecule has 1 saturated heterocycles. The number of hydrogen-bond acceptors (Lipinski definition) is 6. The molecule has 0 aliphatic carbocycles. The van der Waals surface area contributed by atoms with Crippen LogP contribution in [0.25, 0.3) is 0 Å². The van der Waals surface area contributed by atoms with Gasteiger partial charge in [0.2, 0.25) is 5.89 Å². The number of aromatic nitrogens is 5. The van der Waals surface area contributed by atoms with Gasteiger partial charge in [0.1, 0.15) is 12.2 Å². The van der Waals surface area contributed by atoms with Gasteiger partial charge < -0.3 is 9.09 Å². The second kappa shape index (κ2) is 5.93. The topological polar surface area (TPSA) is 72.9 Å². The Morgan fingerprint density at radius 2 is 2.24 bits per heavy atom. The SMILES string of the molecule is Cc1noc([C@@H]2CCCCN2Cc2nncn2C(C)C)n1. The van der Waals surface area contributed by atoms with Crippen LogP contribution >= 0.6 is 0 Å². The van der Waals surface area contributed by atoms with Crippen LogP contribution in [-0.2, 0) is 6.54 Å². The van der Waals surface area contributed by atoms with Crippen molar-refractivity contribution in [2.75, 3.05) is 6.54 Å². The van der Waals surface area contributed by atoms with Gasteiger partial charge in [0.15, 0.2) is 5.82 Å². The molecular formula is C14H22N6O. The maximum Gasteiger partial charge on any atom is 0.243 e. The number of piperidine rings is 1. The predicted octanol–water partition coefficient (Wildman–Crippen LogP) is 2.28. The third-order valence-corrected chi connectivity index (χ3v) is 3.99. The molecule has 1 fully saturated rings. The Morgan fingerprint density at radius 3 is 2.95 bits per heavy atom. The summed E-state index contributed by atoms with van der Waals surface area (Å²) in [6, 6.07) is 0.557. The Hall–Kier alpha value is -1.76. The van der Waals surface area contributed by atoms with E-state index in [0.717, 1.165) is 31.2 Å². The fraction of sp³-hybridized carbons (Fsp3) is 0.714. The molecular weight excluding hydrogens is 268 g/mol. The summed E-state index contributed by atoms with van der Waals surface area (Å²) >= 11 is 0. The monoisotopic (exact) mass is 290 g/mol. The van der Waals surface area contributed by atoms with E-state index in [1.807, 2.05) is 6.92 Å². The molecule has 0 spiro atoms. The van der Waals surface area contributed by atoms with Gasteiger partial charge in [-0.15, -0.1) is 10.2 Å². The van der Waals surface area contributed by atoms with Gasteiger partial charge in [-0.2, -0.15) is 4.98 Å². The van der Waals surface area contributed by atoms with Crippen LogP contribution in [-0.4, -0.2) is 36.3 Å². The standard InChI is InChI=1S/C14H22N6O/c1-10(2)20-9-15-17-13(20)8-19-7-5-4-6-12(19)14-16-11(3)18-21-14/h9-10,12H,4-8H2,1-3H3/t12-/m0/s1. The zero-order chi connectivity index (χ0) is 14.8. The molecule has 0 radical (unpaired) electrons. The van der Waals surface area contributed by atoms with E-state index in [1.165, 1.54) is 12.8 Å². The van der Waals surface area contributed by atoms with E-state index < -0.39 is 0 Å². The Morgan fingerprint density at radius 1 is 1.38 bits per heavy atom. The molecule has 0 unspecified atom stereocenters. The van der Waals surface area contributed by atoms with Crippen LogP contribution < -0.4 is 0 Å². The van der Waals surface area contributed by atoms with Crippen LogP contribution in [0.4, 0.5) is 0 Å². The zero-order valence-corrected chi connectivity index (χ0v) is 12.9. The maximum atomic E-state index is 5.39. The fourth-order valence-corrected chi connectivity index (χ4v) is 2.90. The molecule has 7 nitrogen and oxygen atoms in total. The Labute approximate surface area is 124 Å². The first kappa shape index (κ1) is 14.2. The van der Waals surface area contributed by atoms with Crippen LogP contribution in [0.5, 0.6) is 0 Å². The predicted molar refractivity (Wildman–Crippen MR) is 76.4 cm³/mol. The van der Waals surface area contributed by atoms with Crippen molar-refractivity contribution in [1.82, 2.24) is 29.8 Å². The van der Waals surface area contributed by atoms with Gasteiger partial charge >= 0.3 is 0 Å². The quantitative estimate of drug-likeness (QED) is 0.860. The number of aryl methyl sites for hydroxylation is 1. The van der Waals surface area contributed by atoms with Crippen molar-refractivity contribution in [3.05, 3.63) is 23.9 Å².